The number of hydrogen-bond acceptors (Lipinski definition) is 5. The van der Waals surface area contributed by atoms with E-state index < -0.39 is 24.6 Å². The minimum atomic E-state index is -0.950. The van der Waals surface area contributed by atoms with Gasteiger partial charge >= 0.3 is 0 Å². The number of nitrogens with two attached hydrogens (primary N) is 2. The van der Waals surface area contributed by atoms with E-state index in [1.54, 1.807) is 0 Å². The Bertz CT molecular complexity index is 477. The maximum atomic E-state index is 12.2. The van der Waals surface area contributed by atoms with Gasteiger partial charge in [0.15, 0.2) is 0 Å². The molecule has 0 rings (SSSR count). The summed E-state index contributed by atoms with van der Waals surface area (Å²) in [5, 5.41) is 14.8. The third-order valence-corrected chi connectivity index (χ3v) is 6.45. The van der Waals surface area contributed by atoms with E-state index in [-0.39, 0.29) is 5.91 Å². The average Bonchev–Trinajstić information content (AvgIpc) is 2.84. The van der Waals surface area contributed by atoms with Crippen molar-refractivity contribution in [2.45, 2.75) is 141 Å². The zero-order valence-corrected chi connectivity index (χ0v) is 22.1. The molecule has 0 fully saturated rings. The van der Waals surface area contributed by atoms with Gasteiger partial charge in [-0.15, -0.1) is 0 Å². The highest BCUT2D eigenvalue weighted by Gasteiger charge is 2.22. The van der Waals surface area contributed by atoms with Gasteiger partial charge in [-0.05, 0) is 25.8 Å². The first kappa shape index (κ1) is 32.8. The molecule has 0 heterocycles. The highest BCUT2D eigenvalue weighted by atomic mass is 16.3. The van der Waals surface area contributed by atoms with Gasteiger partial charge in [0.2, 0.25) is 11.8 Å². The van der Waals surface area contributed by atoms with Gasteiger partial charge < -0.3 is 27.2 Å². The molecule has 0 aromatic carbocycles. The molecule has 0 aromatic rings. The van der Waals surface area contributed by atoms with Gasteiger partial charge in [0.05, 0.1) is 12.6 Å². The van der Waals surface area contributed by atoms with Gasteiger partial charge in [-0.25, -0.2) is 0 Å². The molecule has 2 amide bonds. The van der Waals surface area contributed by atoms with Crippen molar-refractivity contribution in [3.63, 3.8) is 0 Å². The van der Waals surface area contributed by atoms with E-state index in [2.05, 4.69) is 17.6 Å². The molecule has 7 N–H and O–H groups in total. The van der Waals surface area contributed by atoms with E-state index in [1.165, 1.54) is 89.9 Å². The number of nitrogens with one attached hydrogen (secondary N) is 2. The van der Waals surface area contributed by atoms with E-state index in [4.69, 9.17) is 11.5 Å². The van der Waals surface area contributed by atoms with Crippen molar-refractivity contribution in [3.05, 3.63) is 0 Å². The lowest BCUT2D eigenvalue weighted by atomic mass is 10.0. The van der Waals surface area contributed by atoms with Crippen molar-refractivity contribution < 1.29 is 14.7 Å². The van der Waals surface area contributed by atoms with Gasteiger partial charge in [0.25, 0.3) is 0 Å². The number of rotatable bonds is 25. The molecule has 2 atom stereocenters. The highest BCUT2D eigenvalue weighted by Crippen LogP contribution is 2.13. The maximum absolute atomic E-state index is 12.2. The minimum Gasteiger partial charge on any atom is -0.394 e. The molecule has 202 valence electrons. The second-order valence-electron chi connectivity index (χ2n) is 9.73. The van der Waals surface area contributed by atoms with Crippen molar-refractivity contribution in [1.29, 1.82) is 0 Å². The SMILES string of the molecule is CCCCCCCCCCCCCCCCCCNC(=O)[C@H](CO)NC(=O)[C@@H](N)CCCCN. The highest BCUT2D eigenvalue weighted by molar-refractivity contribution is 5.89. The summed E-state index contributed by atoms with van der Waals surface area (Å²) in [4.78, 5) is 24.3. The first-order valence-corrected chi connectivity index (χ1v) is 14.2. The number of carbonyl (C=O) groups excluding carboxylic acids is 2. The smallest absolute Gasteiger partial charge is 0.244 e. The fourth-order valence-electron chi connectivity index (χ4n) is 4.12. The molecule has 0 aliphatic carbocycles. The quantitative estimate of drug-likeness (QED) is 0.123. The fourth-order valence-corrected chi connectivity index (χ4v) is 4.12. The van der Waals surface area contributed by atoms with E-state index in [1.807, 2.05) is 0 Å². The standard InChI is InChI=1S/C27H56N4O3/c1-2-3-4-5-6-7-8-9-10-11-12-13-14-15-16-19-22-30-27(34)25(23-32)31-26(33)24(29)20-17-18-21-28/h24-25,32H,2-23,28-29H2,1H3,(H,30,34)(H,31,33)/t24-,25-/m0/s1. The zero-order valence-electron chi connectivity index (χ0n) is 22.1. The molecule has 7 nitrogen and oxygen atoms in total. The van der Waals surface area contributed by atoms with Crippen LogP contribution < -0.4 is 22.1 Å². The topological polar surface area (TPSA) is 130 Å². The molecular formula is C27H56N4O3. The lowest BCUT2D eigenvalue weighted by Crippen LogP contribution is -2.53. The number of hydrogen-bond donors (Lipinski definition) is 5. The Morgan fingerprint density at radius 3 is 1.62 bits per heavy atom. The molecule has 34 heavy (non-hydrogen) atoms. The van der Waals surface area contributed by atoms with Crippen LogP contribution in [0.1, 0.15) is 129 Å². The van der Waals surface area contributed by atoms with Crippen molar-refractivity contribution >= 4 is 11.8 Å². The summed E-state index contributed by atoms with van der Waals surface area (Å²) in [5.74, 6) is -0.764. The largest absolute Gasteiger partial charge is 0.394 e. The van der Waals surface area contributed by atoms with Gasteiger partial charge in [0, 0.05) is 6.54 Å². The molecule has 0 aliphatic heterocycles. The normalized spacial score (nSPS) is 12.9. The Labute approximate surface area is 209 Å². The van der Waals surface area contributed by atoms with Crippen molar-refractivity contribution in [2.24, 2.45) is 11.5 Å². The van der Waals surface area contributed by atoms with Crippen molar-refractivity contribution in [3.8, 4) is 0 Å². The second kappa shape index (κ2) is 24.9. The third kappa shape index (κ3) is 20.2. The number of aliphatic hydroxyl groups excluding tert-OH is 1. The van der Waals surface area contributed by atoms with Crippen LogP contribution in [0.15, 0.2) is 0 Å². The summed E-state index contributed by atoms with van der Waals surface area (Å²) in [6, 6.07) is -1.64. The molecular weight excluding hydrogens is 428 g/mol. The summed E-state index contributed by atoms with van der Waals surface area (Å²) in [5.41, 5.74) is 11.3. The maximum Gasteiger partial charge on any atom is 0.244 e. The van der Waals surface area contributed by atoms with Crippen LogP contribution in [0.3, 0.4) is 0 Å². The zero-order chi connectivity index (χ0) is 25.3. The molecule has 0 aliphatic rings. The minimum absolute atomic E-state index is 0.356. The lowest BCUT2D eigenvalue weighted by molar-refractivity contribution is -0.130. The summed E-state index contributed by atoms with van der Waals surface area (Å²) in [7, 11) is 0. The Kier molecular flexibility index (Phi) is 24.1. The van der Waals surface area contributed by atoms with E-state index in [0.717, 1.165) is 25.7 Å². The van der Waals surface area contributed by atoms with Crippen LogP contribution in [0.5, 0.6) is 0 Å². The molecule has 0 aromatic heterocycles. The lowest BCUT2D eigenvalue weighted by Gasteiger charge is -2.19. The Balaban J connectivity index is 3.57. The molecule has 0 saturated heterocycles. The van der Waals surface area contributed by atoms with E-state index >= 15 is 0 Å². The van der Waals surface area contributed by atoms with Gasteiger partial charge in [-0.3, -0.25) is 9.59 Å². The van der Waals surface area contributed by atoms with Gasteiger partial charge in [-0.2, -0.15) is 0 Å². The summed E-state index contributed by atoms with van der Waals surface area (Å²) in [6.07, 6.45) is 23.1. The second-order valence-corrected chi connectivity index (χ2v) is 9.73. The molecule has 0 unspecified atom stereocenters. The van der Waals surface area contributed by atoms with E-state index in [0.29, 0.717) is 19.5 Å². The van der Waals surface area contributed by atoms with Crippen LogP contribution >= 0.6 is 0 Å². The fraction of sp³-hybridized carbons (Fsp3) is 0.926. The van der Waals surface area contributed by atoms with Crippen molar-refractivity contribution in [1.82, 2.24) is 10.6 Å². The first-order chi connectivity index (χ1) is 16.6. The van der Waals surface area contributed by atoms with Crippen LogP contribution in [-0.2, 0) is 9.59 Å². The van der Waals surface area contributed by atoms with Crippen LogP contribution in [-0.4, -0.2) is 48.7 Å². The molecule has 0 saturated carbocycles. The predicted octanol–water partition coefficient (Wildman–Crippen LogP) is 4.30. The predicted molar refractivity (Wildman–Crippen MR) is 142 cm³/mol. The summed E-state index contributed by atoms with van der Waals surface area (Å²) < 4.78 is 0. The number of carbonyl (C=O) groups is 2. The van der Waals surface area contributed by atoms with Gasteiger partial charge in [-0.1, -0.05) is 110 Å². The van der Waals surface area contributed by atoms with E-state index in [9.17, 15) is 14.7 Å². The Morgan fingerprint density at radius 2 is 1.18 bits per heavy atom. The monoisotopic (exact) mass is 484 g/mol. The number of amides is 2. The third-order valence-electron chi connectivity index (χ3n) is 6.45. The first-order valence-electron chi connectivity index (χ1n) is 14.2. The van der Waals surface area contributed by atoms with Gasteiger partial charge in [0.1, 0.15) is 6.04 Å². The van der Waals surface area contributed by atoms with Crippen LogP contribution in [0, 0.1) is 0 Å². The molecule has 0 radical (unpaired) electrons. The molecule has 0 spiro atoms. The number of unbranched alkanes of at least 4 members (excludes halogenated alkanes) is 16. The molecule has 7 heteroatoms. The van der Waals surface area contributed by atoms with Crippen LogP contribution in [0.4, 0.5) is 0 Å². The number of aliphatic hydroxyl groups is 1. The summed E-state index contributed by atoms with van der Waals surface area (Å²) >= 11 is 0. The average molecular weight is 485 g/mol. The molecule has 0 bridgehead atoms. The summed E-state index contributed by atoms with van der Waals surface area (Å²) in [6.45, 7) is 2.96. The Hall–Kier alpha value is -1.18. The van der Waals surface area contributed by atoms with Crippen LogP contribution in [0.25, 0.3) is 0 Å². The van der Waals surface area contributed by atoms with Crippen LogP contribution in [0.2, 0.25) is 0 Å². The van der Waals surface area contributed by atoms with Crippen molar-refractivity contribution in [2.75, 3.05) is 19.7 Å². The Morgan fingerprint density at radius 1 is 0.706 bits per heavy atom.